The van der Waals surface area contributed by atoms with E-state index in [2.05, 4.69) is 25.9 Å². The average Bonchev–Trinajstić information content (AvgIpc) is 2.85. The predicted octanol–water partition coefficient (Wildman–Crippen LogP) is 4.72. The van der Waals surface area contributed by atoms with Gasteiger partial charge in [-0.15, -0.1) is 12.4 Å². The standard InChI is InChI=1S/C25H20BrN5O2.ClH/c26-20-3-1-2-19(14-20)23(32)16-31-22(18-6-11-28-12-7-18)8-13-30-24(33)15-21(29-25(30)31)17-4-9-27-10-5-17;/h1-7,9-12,14-15,22H,8,13,16H2;1H. The molecular weight excluding hydrogens is 518 g/mol. The van der Waals surface area contributed by atoms with Gasteiger partial charge in [-0.05, 0) is 48.4 Å². The molecule has 0 radical (unpaired) electrons. The Balaban J connectivity index is 0.00000274. The van der Waals surface area contributed by atoms with Crippen LogP contribution in [-0.2, 0) is 6.54 Å². The van der Waals surface area contributed by atoms with Gasteiger partial charge in [-0.25, -0.2) is 4.98 Å². The van der Waals surface area contributed by atoms with Gasteiger partial charge in [0.15, 0.2) is 5.78 Å². The summed E-state index contributed by atoms with van der Waals surface area (Å²) in [6, 6.07) is 16.3. The smallest absolute Gasteiger partial charge is 0.255 e. The maximum Gasteiger partial charge on any atom is 0.255 e. The third kappa shape index (κ3) is 4.78. The maximum absolute atomic E-state index is 13.3. The van der Waals surface area contributed by atoms with Crippen LogP contribution in [0.5, 0.6) is 0 Å². The SMILES string of the molecule is Cl.O=C(CN1c2nc(-c3ccncc3)cc(=O)n2CCC1c1ccncc1)c1cccc(Br)c1. The molecule has 0 amide bonds. The molecule has 1 unspecified atom stereocenters. The molecule has 0 aliphatic carbocycles. The highest BCUT2D eigenvalue weighted by Gasteiger charge is 2.31. The first-order chi connectivity index (χ1) is 16.1. The van der Waals surface area contributed by atoms with Crippen LogP contribution < -0.4 is 10.5 Å². The van der Waals surface area contributed by atoms with Gasteiger partial charge in [0.25, 0.3) is 5.56 Å². The molecule has 34 heavy (non-hydrogen) atoms. The molecule has 172 valence electrons. The normalized spacial score (nSPS) is 14.7. The molecule has 4 heterocycles. The van der Waals surface area contributed by atoms with E-state index in [1.165, 1.54) is 0 Å². The van der Waals surface area contributed by atoms with Crippen molar-refractivity contribution in [2.75, 3.05) is 11.4 Å². The minimum atomic E-state index is -0.139. The largest absolute Gasteiger partial charge is 0.327 e. The van der Waals surface area contributed by atoms with Crippen molar-refractivity contribution in [1.82, 2.24) is 19.5 Å². The lowest BCUT2D eigenvalue weighted by atomic mass is 10.00. The second-order valence-corrected chi connectivity index (χ2v) is 8.73. The number of fused-ring (bicyclic) bond motifs is 1. The molecule has 3 aromatic heterocycles. The molecule has 1 aliphatic rings. The van der Waals surface area contributed by atoms with Crippen LogP contribution in [0.2, 0.25) is 0 Å². The number of ketones is 1. The molecule has 7 nitrogen and oxygen atoms in total. The Morgan fingerprint density at radius 1 is 1.00 bits per heavy atom. The number of hydrogen-bond donors (Lipinski definition) is 0. The quantitative estimate of drug-likeness (QED) is 0.342. The molecule has 0 saturated carbocycles. The highest BCUT2D eigenvalue weighted by molar-refractivity contribution is 9.10. The van der Waals surface area contributed by atoms with Crippen molar-refractivity contribution in [2.24, 2.45) is 0 Å². The molecule has 4 aromatic rings. The van der Waals surface area contributed by atoms with Gasteiger partial charge in [0, 0.05) is 53.0 Å². The van der Waals surface area contributed by atoms with Crippen molar-refractivity contribution in [1.29, 1.82) is 0 Å². The highest BCUT2D eigenvalue weighted by atomic mass is 79.9. The number of pyridine rings is 2. The minimum absolute atomic E-state index is 0. The second-order valence-electron chi connectivity index (χ2n) is 7.81. The summed E-state index contributed by atoms with van der Waals surface area (Å²) in [6.07, 6.45) is 7.50. The summed E-state index contributed by atoms with van der Waals surface area (Å²) in [5, 5.41) is 0. The summed E-state index contributed by atoms with van der Waals surface area (Å²) in [6.45, 7) is 0.613. The van der Waals surface area contributed by atoms with Crippen LogP contribution in [0.15, 0.2) is 88.7 Å². The first kappa shape index (κ1) is 23.8. The Hall–Kier alpha value is -3.36. The fourth-order valence-electron chi connectivity index (χ4n) is 4.16. The highest BCUT2D eigenvalue weighted by Crippen LogP contribution is 2.34. The first-order valence-electron chi connectivity index (χ1n) is 10.6. The van der Waals surface area contributed by atoms with Crippen LogP contribution in [0, 0.1) is 0 Å². The Labute approximate surface area is 211 Å². The molecule has 1 atom stereocenters. The van der Waals surface area contributed by atoms with Crippen molar-refractivity contribution in [2.45, 2.75) is 19.0 Å². The van der Waals surface area contributed by atoms with E-state index >= 15 is 0 Å². The number of aromatic nitrogens is 4. The van der Waals surface area contributed by atoms with Crippen molar-refractivity contribution >= 4 is 40.1 Å². The van der Waals surface area contributed by atoms with Crippen LogP contribution >= 0.6 is 28.3 Å². The number of nitrogens with zero attached hydrogens (tertiary/aromatic N) is 5. The summed E-state index contributed by atoms with van der Waals surface area (Å²) in [5.41, 5.74) is 2.85. The molecule has 0 fully saturated rings. The zero-order chi connectivity index (χ0) is 22.8. The molecule has 1 aromatic carbocycles. The van der Waals surface area contributed by atoms with E-state index in [1.807, 2.05) is 47.4 Å². The Morgan fingerprint density at radius 3 is 2.41 bits per heavy atom. The molecule has 0 bridgehead atoms. The number of hydrogen-bond acceptors (Lipinski definition) is 6. The van der Waals surface area contributed by atoms with E-state index in [4.69, 9.17) is 4.98 Å². The van der Waals surface area contributed by atoms with E-state index in [0.717, 1.165) is 15.6 Å². The third-order valence-electron chi connectivity index (χ3n) is 5.77. The van der Waals surface area contributed by atoms with Crippen LogP contribution in [0.1, 0.15) is 28.4 Å². The summed E-state index contributed by atoms with van der Waals surface area (Å²) >= 11 is 3.44. The lowest BCUT2D eigenvalue weighted by Crippen LogP contribution is -2.43. The molecule has 0 spiro atoms. The number of Topliss-reactive ketones (excluding diaryl/α,β-unsaturated/α-hetero) is 1. The van der Waals surface area contributed by atoms with Gasteiger partial charge in [0.05, 0.1) is 18.3 Å². The van der Waals surface area contributed by atoms with Gasteiger partial charge in [-0.3, -0.25) is 24.1 Å². The number of anilines is 1. The lowest BCUT2D eigenvalue weighted by Gasteiger charge is -2.38. The topological polar surface area (TPSA) is 81.0 Å². The Kier molecular flexibility index (Phi) is 7.19. The second kappa shape index (κ2) is 10.3. The van der Waals surface area contributed by atoms with Gasteiger partial charge < -0.3 is 4.90 Å². The van der Waals surface area contributed by atoms with Crippen LogP contribution in [-0.4, -0.2) is 31.8 Å². The Bertz CT molecular complexity index is 1360. The monoisotopic (exact) mass is 537 g/mol. The number of carbonyl (C=O) groups is 1. The zero-order valence-electron chi connectivity index (χ0n) is 18.0. The minimum Gasteiger partial charge on any atom is -0.327 e. The van der Waals surface area contributed by atoms with Crippen LogP contribution in [0.25, 0.3) is 11.3 Å². The summed E-state index contributed by atoms with van der Waals surface area (Å²) in [4.78, 5) is 41.3. The van der Waals surface area contributed by atoms with Gasteiger partial charge >= 0.3 is 0 Å². The maximum atomic E-state index is 13.3. The van der Waals surface area contributed by atoms with Gasteiger partial charge in [0.1, 0.15) is 0 Å². The molecule has 0 saturated heterocycles. The zero-order valence-corrected chi connectivity index (χ0v) is 20.4. The number of halogens is 2. The third-order valence-corrected chi connectivity index (χ3v) is 6.27. The van der Waals surface area contributed by atoms with Crippen LogP contribution in [0.3, 0.4) is 0 Å². The summed E-state index contributed by atoms with van der Waals surface area (Å²) < 4.78 is 2.49. The Morgan fingerprint density at radius 2 is 1.71 bits per heavy atom. The fraction of sp³-hybridized carbons (Fsp3) is 0.160. The van der Waals surface area contributed by atoms with E-state index < -0.39 is 0 Å². The number of carbonyl (C=O) groups excluding carboxylic acids is 1. The van der Waals surface area contributed by atoms with E-state index in [-0.39, 0.29) is 36.3 Å². The first-order valence-corrected chi connectivity index (χ1v) is 11.4. The van der Waals surface area contributed by atoms with E-state index in [9.17, 15) is 9.59 Å². The lowest BCUT2D eigenvalue weighted by molar-refractivity contribution is 0.0994. The van der Waals surface area contributed by atoms with Gasteiger partial charge in [-0.2, -0.15) is 0 Å². The van der Waals surface area contributed by atoms with E-state index in [1.54, 1.807) is 41.5 Å². The van der Waals surface area contributed by atoms with E-state index in [0.29, 0.717) is 30.2 Å². The molecular formula is C25H21BrClN5O2. The number of rotatable bonds is 5. The van der Waals surface area contributed by atoms with Crippen LogP contribution in [0.4, 0.5) is 5.95 Å². The molecule has 9 heteroatoms. The average molecular weight is 539 g/mol. The predicted molar refractivity (Wildman–Crippen MR) is 136 cm³/mol. The van der Waals surface area contributed by atoms with Gasteiger partial charge in [0.2, 0.25) is 5.95 Å². The van der Waals surface area contributed by atoms with Crippen molar-refractivity contribution in [3.8, 4) is 11.3 Å². The number of benzene rings is 1. The van der Waals surface area contributed by atoms with Gasteiger partial charge in [-0.1, -0.05) is 28.1 Å². The van der Waals surface area contributed by atoms with Crippen molar-refractivity contribution < 1.29 is 4.79 Å². The molecule has 0 N–H and O–H groups in total. The van der Waals surface area contributed by atoms with Crippen molar-refractivity contribution in [3.05, 3.63) is 105 Å². The fourth-order valence-corrected chi connectivity index (χ4v) is 4.56. The molecule has 5 rings (SSSR count). The van der Waals surface area contributed by atoms with Crippen molar-refractivity contribution in [3.63, 3.8) is 0 Å². The molecule has 1 aliphatic heterocycles. The summed E-state index contributed by atoms with van der Waals surface area (Å²) in [5.74, 6) is 0.443. The summed E-state index contributed by atoms with van der Waals surface area (Å²) in [7, 11) is 0.